The third-order valence-electron chi connectivity index (χ3n) is 6.44. The molecule has 0 saturated carbocycles. The maximum Gasteiger partial charge on any atom is 0.268 e. The second-order valence-electron chi connectivity index (χ2n) is 8.77. The highest BCUT2D eigenvalue weighted by Crippen LogP contribution is 2.39. The van der Waals surface area contributed by atoms with Crippen LogP contribution in [0.5, 0.6) is 11.5 Å². The van der Waals surface area contributed by atoms with Gasteiger partial charge in [0.2, 0.25) is 0 Å². The normalized spacial score (nSPS) is 14.9. The topological polar surface area (TPSA) is 64.6 Å². The van der Waals surface area contributed by atoms with Crippen LogP contribution in [0.3, 0.4) is 0 Å². The molecule has 3 aromatic carbocycles. The average molecular weight is 508 g/mol. The zero-order chi connectivity index (χ0) is 25.2. The number of pyridine rings is 1. The van der Waals surface area contributed by atoms with E-state index in [9.17, 15) is 4.79 Å². The summed E-state index contributed by atoms with van der Waals surface area (Å²) in [6.45, 7) is 2.73. The zero-order valence-electron chi connectivity index (χ0n) is 20.3. The van der Waals surface area contributed by atoms with E-state index in [0.717, 1.165) is 44.2 Å². The maximum atomic E-state index is 13.3. The van der Waals surface area contributed by atoms with Crippen molar-refractivity contribution in [1.82, 2.24) is 9.97 Å². The van der Waals surface area contributed by atoms with E-state index < -0.39 is 6.10 Å². The molecule has 0 saturated heterocycles. The number of rotatable bonds is 7. The fourth-order valence-electron chi connectivity index (χ4n) is 4.55. The predicted octanol–water partition coefficient (Wildman–Crippen LogP) is 6.61. The minimum absolute atomic E-state index is 0.0545. The molecule has 6 rings (SSSR count). The van der Waals surface area contributed by atoms with Gasteiger partial charge in [-0.1, -0.05) is 49.4 Å². The Balaban J connectivity index is 1.27. The van der Waals surface area contributed by atoms with Crippen LogP contribution in [-0.2, 0) is 4.79 Å². The Kier molecular flexibility index (Phi) is 6.28. The molecule has 2 aromatic heterocycles. The number of carbonyl (C=O) groups excluding carboxylic acids is 1. The zero-order valence-corrected chi connectivity index (χ0v) is 21.2. The Bertz CT molecular complexity index is 1560. The fourth-order valence-corrected chi connectivity index (χ4v) is 5.36. The lowest BCUT2D eigenvalue weighted by Crippen LogP contribution is -2.47. The molecule has 1 unspecified atom stereocenters. The van der Waals surface area contributed by atoms with Gasteiger partial charge in [-0.15, -0.1) is 11.3 Å². The molecule has 6 nitrogen and oxygen atoms in total. The van der Waals surface area contributed by atoms with Crippen LogP contribution in [0.15, 0.2) is 90.4 Å². The molecular formula is C30H25N3O3S. The van der Waals surface area contributed by atoms with Crippen molar-refractivity contribution in [2.45, 2.75) is 19.4 Å². The number of hydrogen-bond donors (Lipinski definition) is 0. The highest BCUT2D eigenvalue weighted by molar-refractivity contribution is 7.13. The van der Waals surface area contributed by atoms with E-state index >= 15 is 0 Å². The van der Waals surface area contributed by atoms with Crippen molar-refractivity contribution in [3.63, 3.8) is 0 Å². The minimum Gasteiger partial charge on any atom is -0.491 e. The molecule has 1 amide bonds. The number of hydrogen-bond acceptors (Lipinski definition) is 6. The lowest BCUT2D eigenvalue weighted by Gasteiger charge is -2.34. The van der Waals surface area contributed by atoms with E-state index in [-0.39, 0.29) is 5.91 Å². The summed E-state index contributed by atoms with van der Waals surface area (Å²) in [4.78, 5) is 24.3. The number of thiazole rings is 1. The molecule has 184 valence electrons. The van der Waals surface area contributed by atoms with Gasteiger partial charge >= 0.3 is 0 Å². The Morgan fingerprint density at radius 2 is 1.86 bits per heavy atom. The molecule has 0 spiro atoms. The summed E-state index contributed by atoms with van der Waals surface area (Å²) in [6.07, 6.45) is 1.85. The van der Waals surface area contributed by atoms with Crippen LogP contribution < -0.4 is 14.4 Å². The number of ether oxygens (including phenoxy) is 2. The van der Waals surface area contributed by atoms with Gasteiger partial charge < -0.3 is 14.4 Å². The first kappa shape index (κ1) is 23.2. The van der Waals surface area contributed by atoms with Gasteiger partial charge in [0.25, 0.3) is 5.91 Å². The van der Waals surface area contributed by atoms with E-state index in [4.69, 9.17) is 14.5 Å². The Labute approximate surface area is 219 Å². The quantitative estimate of drug-likeness (QED) is 0.248. The number of anilines is 1. The van der Waals surface area contributed by atoms with Crippen molar-refractivity contribution >= 4 is 33.7 Å². The number of aromatic nitrogens is 2. The lowest BCUT2D eigenvalue weighted by molar-refractivity contribution is -0.126. The van der Waals surface area contributed by atoms with Gasteiger partial charge in [-0.3, -0.25) is 9.78 Å². The van der Waals surface area contributed by atoms with Crippen molar-refractivity contribution in [2.75, 3.05) is 18.1 Å². The van der Waals surface area contributed by atoms with Gasteiger partial charge in [0.05, 0.1) is 23.6 Å². The maximum absolute atomic E-state index is 13.3. The number of benzene rings is 3. The van der Waals surface area contributed by atoms with Gasteiger partial charge in [0, 0.05) is 22.5 Å². The molecule has 0 radical (unpaired) electrons. The van der Waals surface area contributed by atoms with Crippen LogP contribution in [-0.4, -0.2) is 35.1 Å². The van der Waals surface area contributed by atoms with E-state index in [1.54, 1.807) is 22.4 Å². The molecule has 0 N–H and O–H groups in total. The third kappa shape index (κ3) is 4.54. The van der Waals surface area contributed by atoms with Crippen LogP contribution in [0.25, 0.3) is 32.7 Å². The second-order valence-corrected chi connectivity index (χ2v) is 9.62. The van der Waals surface area contributed by atoms with Crippen molar-refractivity contribution in [1.29, 1.82) is 0 Å². The standard InChI is InChI=1S/C30H25N3O3S/c1-2-26-30(34)33(16-17-35-27-12-7-9-20-8-3-4-10-22(20)27)25-18-21(13-14-28(25)36-26)24-19-37-29(32-24)23-11-5-6-15-31-23/h3-15,18-19,26H,2,16-17H2,1H3. The van der Waals surface area contributed by atoms with Gasteiger partial charge in [-0.25, -0.2) is 4.98 Å². The summed E-state index contributed by atoms with van der Waals surface area (Å²) in [5.74, 6) is 1.45. The second kappa shape index (κ2) is 10.0. The number of fused-ring (bicyclic) bond motifs is 2. The molecular weight excluding hydrogens is 482 g/mol. The smallest absolute Gasteiger partial charge is 0.268 e. The summed E-state index contributed by atoms with van der Waals surface area (Å²) >= 11 is 1.55. The van der Waals surface area contributed by atoms with Crippen LogP contribution in [0, 0.1) is 0 Å². The number of nitrogens with zero attached hydrogens (tertiary/aromatic N) is 3. The summed E-state index contributed by atoms with van der Waals surface area (Å²) in [7, 11) is 0. The van der Waals surface area contributed by atoms with Gasteiger partial charge in [0.1, 0.15) is 23.1 Å². The van der Waals surface area contributed by atoms with Gasteiger partial charge in [-0.05, 0) is 48.2 Å². The third-order valence-corrected chi connectivity index (χ3v) is 7.30. The van der Waals surface area contributed by atoms with E-state index in [1.807, 2.05) is 79.0 Å². The Morgan fingerprint density at radius 1 is 1.00 bits per heavy atom. The summed E-state index contributed by atoms with van der Waals surface area (Å²) in [6, 6.07) is 25.8. The molecule has 1 aliphatic heterocycles. The first-order valence-electron chi connectivity index (χ1n) is 12.3. The molecule has 37 heavy (non-hydrogen) atoms. The van der Waals surface area contributed by atoms with Crippen LogP contribution in [0.2, 0.25) is 0 Å². The van der Waals surface area contributed by atoms with Crippen LogP contribution in [0.1, 0.15) is 13.3 Å². The lowest BCUT2D eigenvalue weighted by atomic mass is 10.1. The summed E-state index contributed by atoms with van der Waals surface area (Å²) in [5.41, 5.74) is 3.34. The van der Waals surface area contributed by atoms with E-state index in [2.05, 4.69) is 17.1 Å². The van der Waals surface area contributed by atoms with Gasteiger partial charge in [-0.2, -0.15) is 0 Å². The SMILES string of the molecule is CCC1Oc2ccc(-c3csc(-c4ccccn4)n3)cc2N(CCOc2cccc3ccccc23)C1=O. The summed E-state index contributed by atoms with van der Waals surface area (Å²) in [5, 5.41) is 5.04. The Morgan fingerprint density at radius 3 is 2.73 bits per heavy atom. The summed E-state index contributed by atoms with van der Waals surface area (Å²) < 4.78 is 12.2. The van der Waals surface area contributed by atoms with Crippen LogP contribution in [0.4, 0.5) is 5.69 Å². The minimum atomic E-state index is -0.508. The van der Waals surface area contributed by atoms with Gasteiger partial charge in [0.15, 0.2) is 6.10 Å². The number of amides is 1. The van der Waals surface area contributed by atoms with Crippen molar-refractivity contribution in [2.24, 2.45) is 0 Å². The van der Waals surface area contributed by atoms with E-state index in [1.165, 1.54) is 0 Å². The highest BCUT2D eigenvalue weighted by Gasteiger charge is 2.33. The Hall–Kier alpha value is -4.23. The van der Waals surface area contributed by atoms with E-state index in [0.29, 0.717) is 25.3 Å². The molecule has 0 aliphatic carbocycles. The molecule has 1 aliphatic rings. The molecule has 7 heteroatoms. The monoisotopic (exact) mass is 507 g/mol. The molecule has 0 bridgehead atoms. The first-order chi connectivity index (χ1) is 18.2. The van der Waals surface area contributed by atoms with Crippen molar-refractivity contribution in [3.05, 3.63) is 90.4 Å². The predicted molar refractivity (Wildman–Crippen MR) is 147 cm³/mol. The highest BCUT2D eigenvalue weighted by atomic mass is 32.1. The number of carbonyl (C=O) groups is 1. The first-order valence-corrected chi connectivity index (χ1v) is 13.2. The van der Waals surface area contributed by atoms with Crippen molar-refractivity contribution in [3.8, 4) is 33.5 Å². The van der Waals surface area contributed by atoms with Crippen LogP contribution >= 0.6 is 11.3 Å². The molecule has 3 heterocycles. The molecule has 1 atom stereocenters. The molecule has 5 aromatic rings. The largest absolute Gasteiger partial charge is 0.491 e. The fraction of sp³-hybridized carbons (Fsp3) is 0.167. The van der Waals surface area contributed by atoms with Crippen molar-refractivity contribution < 1.29 is 14.3 Å². The average Bonchev–Trinajstić information content (AvgIpc) is 3.45. The molecule has 0 fully saturated rings.